The Hall–Kier alpha value is -0.440. The van der Waals surface area contributed by atoms with E-state index in [1.807, 2.05) is 0 Å². The molecule has 0 unspecified atom stereocenters. The second kappa shape index (κ2) is 10.4. The van der Waals surface area contributed by atoms with E-state index in [0.717, 1.165) is 0 Å². The predicted octanol–water partition coefficient (Wildman–Crippen LogP) is -3.74. The summed E-state index contributed by atoms with van der Waals surface area (Å²) in [7, 11) is 0. The van der Waals surface area contributed by atoms with Crippen LogP contribution >= 0.6 is 0 Å². The minimum Gasteiger partial charge on any atom is -0.388 e. The van der Waals surface area contributed by atoms with E-state index >= 15 is 0 Å². The van der Waals surface area contributed by atoms with Crippen molar-refractivity contribution in [3.8, 4) is 0 Å². The van der Waals surface area contributed by atoms with E-state index in [2.05, 4.69) is 5.32 Å². The van der Waals surface area contributed by atoms with Crippen molar-refractivity contribution in [2.24, 2.45) is 0 Å². The fourth-order valence-corrected chi connectivity index (χ4v) is 2.92. The standard InChI is InChI=1S/C16H31NO10/c1-7-9(18)11(20)13(22)15(26-7)24-5-3-17-4-6-25-16-14(23)12(21)10(19)8(2)27-16/h7-23H,3-6H2,1-2H3/t7-,8-,9+,10+,11+,12+,13-,14-,15+,16+/m0/s1. The maximum absolute atomic E-state index is 9.82. The molecule has 11 heteroatoms. The molecule has 2 aliphatic heterocycles. The van der Waals surface area contributed by atoms with Gasteiger partial charge in [-0.1, -0.05) is 0 Å². The Morgan fingerprint density at radius 3 is 1.37 bits per heavy atom. The molecule has 2 heterocycles. The van der Waals surface area contributed by atoms with E-state index in [9.17, 15) is 30.6 Å². The summed E-state index contributed by atoms with van der Waals surface area (Å²) in [5, 5.41) is 61.3. The molecule has 2 fully saturated rings. The van der Waals surface area contributed by atoms with Crippen LogP contribution in [0.4, 0.5) is 0 Å². The Morgan fingerprint density at radius 1 is 0.630 bits per heavy atom. The SMILES string of the molecule is C[C@@H]1O[C@@H](OCCNCCO[C@@H]2O[C@@H](C)[C@@H](O)[C@@H](O)[C@@H]2O)[C@@H](O)[C@H](O)[C@@H]1O. The van der Waals surface area contributed by atoms with Gasteiger partial charge in [-0.25, -0.2) is 0 Å². The molecule has 0 aromatic rings. The highest BCUT2D eigenvalue weighted by Crippen LogP contribution is 2.22. The molecule has 160 valence electrons. The van der Waals surface area contributed by atoms with Crippen LogP contribution in [0.15, 0.2) is 0 Å². The highest BCUT2D eigenvalue weighted by Gasteiger charge is 2.43. The molecule has 0 spiro atoms. The molecule has 2 saturated heterocycles. The van der Waals surface area contributed by atoms with Crippen molar-refractivity contribution in [1.82, 2.24) is 5.32 Å². The van der Waals surface area contributed by atoms with Gasteiger partial charge in [0.15, 0.2) is 12.6 Å². The minimum absolute atomic E-state index is 0.182. The topological polar surface area (TPSA) is 170 Å². The van der Waals surface area contributed by atoms with E-state index in [0.29, 0.717) is 13.1 Å². The fourth-order valence-electron chi connectivity index (χ4n) is 2.92. The second-order valence-electron chi connectivity index (χ2n) is 6.85. The van der Waals surface area contributed by atoms with Gasteiger partial charge in [0.2, 0.25) is 0 Å². The molecule has 0 aliphatic carbocycles. The zero-order valence-electron chi connectivity index (χ0n) is 15.4. The van der Waals surface area contributed by atoms with Gasteiger partial charge in [-0.3, -0.25) is 0 Å². The van der Waals surface area contributed by atoms with Gasteiger partial charge in [0.25, 0.3) is 0 Å². The molecular weight excluding hydrogens is 366 g/mol. The fraction of sp³-hybridized carbons (Fsp3) is 1.00. The van der Waals surface area contributed by atoms with Crippen LogP contribution in [0.3, 0.4) is 0 Å². The van der Waals surface area contributed by atoms with Gasteiger partial charge < -0.3 is 54.9 Å². The molecule has 0 radical (unpaired) electrons. The van der Waals surface area contributed by atoms with E-state index in [1.54, 1.807) is 13.8 Å². The molecular formula is C16H31NO10. The van der Waals surface area contributed by atoms with Crippen LogP contribution < -0.4 is 5.32 Å². The second-order valence-corrected chi connectivity index (χ2v) is 6.85. The van der Waals surface area contributed by atoms with Crippen LogP contribution in [0.1, 0.15) is 13.8 Å². The van der Waals surface area contributed by atoms with Crippen molar-refractivity contribution in [3.63, 3.8) is 0 Å². The van der Waals surface area contributed by atoms with E-state index in [-0.39, 0.29) is 13.2 Å². The lowest BCUT2D eigenvalue weighted by Crippen LogP contribution is -2.57. The van der Waals surface area contributed by atoms with E-state index < -0.39 is 61.4 Å². The highest BCUT2D eigenvalue weighted by molar-refractivity contribution is 4.88. The van der Waals surface area contributed by atoms with Crippen molar-refractivity contribution in [2.75, 3.05) is 26.3 Å². The van der Waals surface area contributed by atoms with Crippen LogP contribution in [-0.4, -0.2) is 118 Å². The maximum atomic E-state index is 9.82. The van der Waals surface area contributed by atoms with Crippen LogP contribution in [-0.2, 0) is 18.9 Å². The van der Waals surface area contributed by atoms with Gasteiger partial charge in [-0.2, -0.15) is 0 Å². The summed E-state index contributed by atoms with van der Waals surface area (Å²) in [6.07, 6.45) is -11.1. The molecule has 0 aromatic heterocycles. The Bertz CT molecular complexity index is 405. The minimum atomic E-state index is -1.34. The van der Waals surface area contributed by atoms with Gasteiger partial charge in [0, 0.05) is 13.1 Å². The molecule has 11 nitrogen and oxygen atoms in total. The molecule has 10 atom stereocenters. The van der Waals surface area contributed by atoms with Gasteiger partial charge in [0.1, 0.15) is 36.6 Å². The summed E-state index contributed by atoms with van der Waals surface area (Å²) in [5.74, 6) is 0. The van der Waals surface area contributed by atoms with Crippen LogP contribution in [0.25, 0.3) is 0 Å². The first kappa shape index (κ1) is 22.8. The Kier molecular flexibility index (Phi) is 8.77. The lowest BCUT2D eigenvalue weighted by molar-refractivity contribution is -0.293. The van der Waals surface area contributed by atoms with Crippen molar-refractivity contribution in [3.05, 3.63) is 0 Å². The Labute approximate surface area is 157 Å². The molecule has 0 saturated carbocycles. The molecule has 0 bridgehead atoms. The smallest absolute Gasteiger partial charge is 0.186 e. The molecule has 2 rings (SSSR count). The van der Waals surface area contributed by atoms with Crippen LogP contribution in [0, 0.1) is 0 Å². The number of aliphatic hydroxyl groups is 6. The summed E-state index contributed by atoms with van der Waals surface area (Å²) < 4.78 is 21.3. The zero-order valence-corrected chi connectivity index (χ0v) is 15.4. The number of rotatable bonds is 8. The van der Waals surface area contributed by atoms with Gasteiger partial charge in [0.05, 0.1) is 25.4 Å². The third-order valence-corrected chi connectivity index (χ3v) is 4.74. The number of ether oxygens (including phenoxy) is 4. The molecule has 2 aliphatic rings. The van der Waals surface area contributed by atoms with E-state index in [4.69, 9.17) is 18.9 Å². The molecule has 7 N–H and O–H groups in total. The Morgan fingerprint density at radius 2 is 1.00 bits per heavy atom. The van der Waals surface area contributed by atoms with Crippen LogP contribution in [0.5, 0.6) is 0 Å². The van der Waals surface area contributed by atoms with Crippen molar-refractivity contribution < 1.29 is 49.6 Å². The number of nitrogens with one attached hydrogen (secondary N) is 1. The quantitative estimate of drug-likeness (QED) is 0.201. The van der Waals surface area contributed by atoms with Gasteiger partial charge in [-0.05, 0) is 13.8 Å². The number of aliphatic hydroxyl groups excluding tert-OH is 6. The third kappa shape index (κ3) is 5.78. The Balaban J connectivity index is 1.57. The first-order valence-electron chi connectivity index (χ1n) is 9.07. The summed E-state index contributed by atoms with van der Waals surface area (Å²) in [5.41, 5.74) is 0. The van der Waals surface area contributed by atoms with E-state index in [1.165, 1.54) is 0 Å². The first-order chi connectivity index (χ1) is 12.7. The van der Waals surface area contributed by atoms with Gasteiger partial charge in [-0.15, -0.1) is 0 Å². The molecule has 0 aromatic carbocycles. The monoisotopic (exact) mass is 397 g/mol. The third-order valence-electron chi connectivity index (χ3n) is 4.74. The summed E-state index contributed by atoms with van der Waals surface area (Å²) in [6.45, 7) is 4.31. The molecule has 27 heavy (non-hydrogen) atoms. The number of hydrogen-bond donors (Lipinski definition) is 7. The highest BCUT2D eigenvalue weighted by atomic mass is 16.7. The normalized spacial score (nSPS) is 45.8. The van der Waals surface area contributed by atoms with Crippen LogP contribution in [0.2, 0.25) is 0 Å². The van der Waals surface area contributed by atoms with Crippen molar-refractivity contribution in [2.45, 2.75) is 75.3 Å². The summed E-state index contributed by atoms with van der Waals surface area (Å²) >= 11 is 0. The predicted molar refractivity (Wildman–Crippen MR) is 89.5 cm³/mol. The molecule has 0 amide bonds. The van der Waals surface area contributed by atoms with Crippen molar-refractivity contribution in [1.29, 1.82) is 0 Å². The average Bonchev–Trinajstić information content (AvgIpc) is 2.65. The summed E-state index contributed by atoms with van der Waals surface area (Å²) in [6, 6.07) is 0. The lowest BCUT2D eigenvalue weighted by Gasteiger charge is -2.39. The average molecular weight is 397 g/mol. The lowest BCUT2D eigenvalue weighted by atomic mass is 10.0. The van der Waals surface area contributed by atoms with Crippen molar-refractivity contribution >= 4 is 0 Å². The zero-order chi connectivity index (χ0) is 20.1. The largest absolute Gasteiger partial charge is 0.388 e. The number of hydrogen-bond acceptors (Lipinski definition) is 11. The van der Waals surface area contributed by atoms with Gasteiger partial charge >= 0.3 is 0 Å². The maximum Gasteiger partial charge on any atom is 0.186 e. The summed E-state index contributed by atoms with van der Waals surface area (Å²) in [4.78, 5) is 0. The first-order valence-corrected chi connectivity index (χ1v) is 9.07.